The summed E-state index contributed by atoms with van der Waals surface area (Å²) >= 11 is 0. The van der Waals surface area contributed by atoms with E-state index >= 15 is 0 Å². The smallest absolute Gasteiger partial charge is 0.317 e. The molecule has 0 unspecified atom stereocenters. The highest BCUT2D eigenvalue weighted by Gasteiger charge is 2.25. The Bertz CT molecular complexity index is 467. The number of nitrogens with one attached hydrogen (secondary N) is 1. The van der Waals surface area contributed by atoms with Crippen LogP contribution < -0.4 is 10.1 Å². The molecular weight excluding hydrogens is 242 g/mol. The van der Waals surface area contributed by atoms with Gasteiger partial charge in [0.2, 0.25) is 0 Å². The van der Waals surface area contributed by atoms with Crippen molar-refractivity contribution in [3.05, 3.63) is 28.8 Å². The lowest BCUT2D eigenvalue weighted by molar-refractivity contribution is -0.136. The summed E-state index contributed by atoms with van der Waals surface area (Å²) in [5.41, 5.74) is 3.19. The van der Waals surface area contributed by atoms with Crippen LogP contribution in [0.15, 0.2) is 12.1 Å². The number of carboxylic acids is 1. The number of hydrogen-bond donors (Lipinski definition) is 2. The Kier molecular flexibility index (Phi) is 4.95. The maximum atomic E-state index is 10.6. The van der Waals surface area contributed by atoms with E-state index in [4.69, 9.17) is 9.84 Å². The van der Waals surface area contributed by atoms with Crippen LogP contribution in [0, 0.1) is 13.8 Å². The highest BCUT2D eigenvalue weighted by atomic mass is 16.5. The molecule has 0 aliphatic rings. The molecule has 0 aromatic heterocycles. The average Bonchev–Trinajstić information content (AvgIpc) is 2.27. The molecule has 0 amide bonds. The zero-order valence-corrected chi connectivity index (χ0v) is 12.3. The Labute approximate surface area is 114 Å². The van der Waals surface area contributed by atoms with Crippen molar-refractivity contribution in [3.63, 3.8) is 0 Å². The zero-order valence-electron chi connectivity index (χ0n) is 12.3. The van der Waals surface area contributed by atoms with Gasteiger partial charge in [0.1, 0.15) is 5.75 Å². The molecule has 0 saturated carbocycles. The predicted molar refractivity (Wildman–Crippen MR) is 76.0 cm³/mol. The molecule has 0 saturated heterocycles. The van der Waals surface area contributed by atoms with Crippen LogP contribution in [0.1, 0.15) is 30.5 Å². The van der Waals surface area contributed by atoms with Crippen LogP contribution in [0.3, 0.4) is 0 Å². The molecule has 0 spiro atoms. The number of aryl methyl sites for hydroxylation is 2. The van der Waals surface area contributed by atoms with Crippen molar-refractivity contribution in [3.8, 4) is 5.75 Å². The van der Waals surface area contributed by atoms with E-state index in [9.17, 15) is 4.79 Å². The standard InChI is InChI=1S/C15H23NO3/c1-10-6-11(2)14(19-5)12(7-10)15(3,4)9-16-8-13(17)18/h6-7,16H,8-9H2,1-5H3,(H,17,18). The first kappa shape index (κ1) is 15.5. The molecule has 0 bridgehead atoms. The molecule has 19 heavy (non-hydrogen) atoms. The molecule has 2 N–H and O–H groups in total. The SMILES string of the molecule is COc1c(C)cc(C)cc1C(C)(C)CNCC(=O)O. The summed E-state index contributed by atoms with van der Waals surface area (Å²) in [6.07, 6.45) is 0. The molecule has 0 aliphatic heterocycles. The van der Waals surface area contributed by atoms with Crippen LogP contribution in [0.4, 0.5) is 0 Å². The van der Waals surface area contributed by atoms with Crippen molar-refractivity contribution in [2.45, 2.75) is 33.1 Å². The first-order valence-corrected chi connectivity index (χ1v) is 6.36. The second-order valence-corrected chi connectivity index (χ2v) is 5.54. The van der Waals surface area contributed by atoms with E-state index in [1.54, 1.807) is 7.11 Å². The fourth-order valence-electron chi connectivity index (χ4n) is 2.31. The molecule has 0 atom stereocenters. The molecular formula is C15H23NO3. The van der Waals surface area contributed by atoms with Crippen molar-refractivity contribution >= 4 is 5.97 Å². The van der Waals surface area contributed by atoms with E-state index < -0.39 is 5.97 Å². The van der Waals surface area contributed by atoms with Gasteiger partial charge in [-0.1, -0.05) is 31.5 Å². The summed E-state index contributed by atoms with van der Waals surface area (Å²) in [5, 5.41) is 11.6. The Hall–Kier alpha value is -1.55. The van der Waals surface area contributed by atoms with E-state index in [1.165, 1.54) is 5.56 Å². The van der Waals surface area contributed by atoms with Gasteiger partial charge in [-0.3, -0.25) is 4.79 Å². The zero-order chi connectivity index (χ0) is 14.6. The van der Waals surface area contributed by atoms with E-state index in [2.05, 4.69) is 38.2 Å². The van der Waals surface area contributed by atoms with E-state index in [0.717, 1.165) is 16.9 Å². The second kappa shape index (κ2) is 6.06. The van der Waals surface area contributed by atoms with Crippen LogP contribution in [-0.2, 0) is 10.2 Å². The minimum Gasteiger partial charge on any atom is -0.496 e. The Morgan fingerprint density at radius 1 is 1.37 bits per heavy atom. The third kappa shape index (κ3) is 3.96. The van der Waals surface area contributed by atoms with Gasteiger partial charge in [0.05, 0.1) is 13.7 Å². The number of ether oxygens (including phenoxy) is 1. The van der Waals surface area contributed by atoms with Crippen LogP contribution >= 0.6 is 0 Å². The van der Waals surface area contributed by atoms with Crippen molar-refractivity contribution in [1.82, 2.24) is 5.32 Å². The van der Waals surface area contributed by atoms with E-state index in [-0.39, 0.29) is 12.0 Å². The van der Waals surface area contributed by atoms with Gasteiger partial charge in [0, 0.05) is 17.5 Å². The number of hydrogen-bond acceptors (Lipinski definition) is 3. The molecule has 4 nitrogen and oxygen atoms in total. The Morgan fingerprint density at radius 2 is 2.00 bits per heavy atom. The number of methoxy groups -OCH3 is 1. The molecule has 1 aromatic carbocycles. The van der Waals surface area contributed by atoms with Crippen molar-refractivity contribution in [2.75, 3.05) is 20.2 Å². The van der Waals surface area contributed by atoms with Gasteiger partial charge in [-0.05, 0) is 19.4 Å². The molecule has 0 aliphatic carbocycles. The molecule has 0 fully saturated rings. The summed E-state index contributed by atoms with van der Waals surface area (Å²) in [6.45, 7) is 8.79. The maximum absolute atomic E-state index is 10.6. The fourth-order valence-corrected chi connectivity index (χ4v) is 2.31. The third-order valence-corrected chi connectivity index (χ3v) is 3.20. The molecule has 0 heterocycles. The first-order valence-electron chi connectivity index (χ1n) is 6.36. The predicted octanol–water partition coefficient (Wildman–Crippen LogP) is 2.26. The topological polar surface area (TPSA) is 58.6 Å². The van der Waals surface area contributed by atoms with Crippen LogP contribution in [-0.4, -0.2) is 31.3 Å². The van der Waals surface area contributed by atoms with Crippen LogP contribution in [0.5, 0.6) is 5.75 Å². The van der Waals surface area contributed by atoms with E-state index in [0.29, 0.717) is 6.54 Å². The fraction of sp³-hybridized carbons (Fsp3) is 0.533. The summed E-state index contributed by atoms with van der Waals surface area (Å²) < 4.78 is 5.50. The minimum absolute atomic E-state index is 0.0312. The highest BCUT2D eigenvalue weighted by Crippen LogP contribution is 2.34. The number of aliphatic carboxylic acids is 1. The highest BCUT2D eigenvalue weighted by molar-refractivity contribution is 5.69. The summed E-state index contributed by atoms with van der Waals surface area (Å²) in [7, 11) is 1.67. The Balaban J connectivity index is 3.02. The molecule has 1 rings (SSSR count). The van der Waals surface area contributed by atoms with Gasteiger partial charge >= 0.3 is 5.97 Å². The van der Waals surface area contributed by atoms with Gasteiger partial charge < -0.3 is 15.2 Å². The number of benzene rings is 1. The second-order valence-electron chi connectivity index (χ2n) is 5.54. The average molecular weight is 265 g/mol. The number of carboxylic acid groups (broad SMARTS) is 1. The molecule has 4 heteroatoms. The monoisotopic (exact) mass is 265 g/mol. The van der Waals surface area contributed by atoms with Crippen molar-refractivity contribution in [1.29, 1.82) is 0 Å². The third-order valence-electron chi connectivity index (χ3n) is 3.20. The van der Waals surface area contributed by atoms with Gasteiger partial charge in [-0.2, -0.15) is 0 Å². The summed E-state index contributed by atoms with van der Waals surface area (Å²) in [5.74, 6) is 0.0379. The van der Waals surface area contributed by atoms with Gasteiger partial charge in [-0.25, -0.2) is 0 Å². The van der Waals surface area contributed by atoms with Gasteiger partial charge in [-0.15, -0.1) is 0 Å². The lowest BCUT2D eigenvalue weighted by atomic mass is 9.82. The number of rotatable bonds is 6. The Morgan fingerprint density at radius 3 is 2.53 bits per heavy atom. The van der Waals surface area contributed by atoms with Crippen LogP contribution in [0.2, 0.25) is 0 Å². The summed E-state index contributed by atoms with van der Waals surface area (Å²) in [4.78, 5) is 10.6. The quantitative estimate of drug-likeness (QED) is 0.828. The normalized spacial score (nSPS) is 11.4. The molecule has 1 aromatic rings. The van der Waals surface area contributed by atoms with Crippen molar-refractivity contribution in [2.24, 2.45) is 0 Å². The first-order chi connectivity index (χ1) is 8.77. The van der Waals surface area contributed by atoms with E-state index in [1.807, 2.05) is 6.92 Å². The lowest BCUT2D eigenvalue weighted by Gasteiger charge is -2.28. The number of carbonyl (C=O) groups is 1. The van der Waals surface area contributed by atoms with Crippen LogP contribution in [0.25, 0.3) is 0 Å². The maximum Gasteiger partial charge on any atom is 0.317 e. The molecule has 106 valence electrons. The van der Waals surface area contributed by atoms with Gasteiger partial charge in [0.25, 0.3) is 0 Å². The minimum atomic E-state index is -0.844. The van der Waals surface area contributed by atoms with Gasteiger partial charge in [0.15, 0.2) is 0 Å². The largest absolute Gasteiger partial charge is 0.496 e. The molecule has 0 radical (unpaired) electrons. The summed E-state index contributed by atoms with van der Waals surface area (Å²) in [6, 6.07) is 4.19. The van der Waals surface area contributed by atoms with Crippen molar-refractivity contribution < 1.29 is 14.6 Å². The lowest BCUT2D eigenvalue weighted by Crippen LogP contribution is -2.36.